The van der Waals surface area contributed by atoms with Gasteiger partial charge in [0.05, 0.1) is 17.5 Å². The van der Waals surface area contributed by atoms with Gasteiger partial charge in [-0.05, 0) is 55.7 Å². The van der Waals surface area contributed by atoms with E-state index in [9.17, 15) is 14.4 Å². The second-order valence-corrected chi connectivity index (χ2v) is 7.96. The highest BCUT2D eigenvalue weighted by atomic mass is 16.2. The number of nitrogens with zero attached hydrogens (tertiary/aromatic N) is 2. The molecule has 5 heteroatoms. The molecule has 5 rings (SSSR count). The van der Waals surface area contributed by atoms with E-state index in [0.29, 0.717) is 11.3 Å². The molecule has 1 saturated carbocycles. The van der Waals surface area contributed by atoms with Crippen molar-refractivity contribution in [2.75, 3.05) is 18.0 Å². The molecule has 3 amide bonds. The minimum Gasteiger partial charge on any atom is -0.339 e. The fourth-order valence-electron chi connectivity index (χ4n) is 5.33. The van der Waals surface area contributed by atoms with Gasteiger partial charge in [0.1, 0.15) is 0 Å². The molecule has 134 valence electrons. The zero-order valence-corrected chi connectivity index (χ0v) is 14.9. The number of carbonyl (C=O) groups is 3. The average Bonchev–Trinajstić information content (AvgIpc) is 3.40. The molecule has 1 aromatic rings. The van der Waals surface area contributed by atoms with E-state index in [0.717, 1.165) is 37.9 Å². The van der Waals surface area contributed by atoms with Gasteiger partial charge in [-0.2, -0.15) is 0 Å². The Morgan fingerprint density at radius 2 is 1.62 bits per heavy atom. The molecule has 5 nitrogen and oxygen atoms in total. The van der Waals surface area contributed by atoms with Crippen LogP contribution in [0.5, 0.6) is 0 Å². The van der Waals surface area contributed by atoms with Gasteiger partial charge in [-0.3, -0.25) is 14.4 Å². The number of allylic oxidation sites excluding steroid dienone is 2. The second kappa shape index (κ2) is 5.53. The molecule has 4 atom stereocenters. The number of hydrogen-bond acceptors (Lipinski definition) is 3. The minimum atomic E-state index is -0.213. The summed E-state index contributed by atoms with van der Waals surface area (Å²) >= 11 is 0. The summed E-state index contributed by atoms with van der Waals surface area (Å²) in [5.74, 6) is -0.216. The number of carbonyl (C=O) groups excluding carboxylic acids is 3. The normalized spacial score (nSPS) is 32.0. The van der Waals surface area contributed by atoms with Crippen LogP contribution in [0.4, 0.5) is 5.69 Å². The highest BCUT2D eigenvalue weighted by molar-refractivity contribution is 6.23. The lowest BCUT2D eigenvalue weighted by Gasteiger charge is -2.22. The molecule has 2 saturated heterocycles. The molecular formula is C21H22N2O3. The predicted molar refractivity (Wildman–Crippen MR) is 96.5 cm³/mol. The second-order valence-electron chi connectivity index (χ2n) is 7.96. The number of imide groups is 1. The molecule has 0 radical (unpaired) electrons. The van der Waals surface area contributed by atoms with E-state index in [4.69, 9.17) is 0 Å². The summed E-state index contributed by atoms with van der Waals surface area (Å²) in [5.41, 5.74) is 1.91. The topological polar surface area (TPSA) is 57.7 Å². The lowest BCUT2D eigenvalue weighted by molar-refractivity contribution is -0.123. The van der Waals surface area contributed by atoms with Gasteiger partial charge in [-0.25, -0.2) is 4.90 Å². The Bertz CT molecular complexity index is 823. The van der Waals surface area contributed by atoms with E-state index in [1.165, 1.54) is 4.90 Å². The van der Waals surface area contributed by atoms with Crippen LogP contribution in [0, 0.1) is 30.6 Å². The van der Waals surface area contributed by atoms with Crippen LogP contribution < -0.4 is 4.90 Å². The number of anilines is 1. The summed E-state index contributed by atoms with van der Waals surface area (Å²) in [6.07, 6.45) is 7.19. The van der Waals surface area contributed by atoms with E-state index in [-0.39, 0.29) is 41.4 Å². The molecule has 3 fully saturated rings. The third-order valence-corrected chi connectivity index (χ3v) is 6.64. The number of likely N-dealkylation sites (tertiary alicyclic amines) is 1. The maximum absolute atomic E-state index is 13.1. The number of fused-ring (bicyclic) bond motifs is 5. The van der Waals surface area contributed by atoms with Crippen molar-refractivity contribution in [3.8, 4) is 0 Å². The third kappa shape index (κ3) is 2.00. The lowest BCUT2D eigenvalue weighted by Crippen LogP contribution is -2.34. The average molecular weight is 350 g/mol. The minimum absolute atomic E-state index is 0.00266. The number of rotatable bonds is 2. The Hall–Kier alpha value is -2.43. The molecule has 2 aliphatic heterocycles. The smallest absolute Gasteiger partial charge is 0.254 e. The Kier molecular flexibility index (Phi) is 3.36. The van der Waals surface area contributed by atoms with Gasteiger partial charge in [0, 0.05) is 18.7 Å². The molecule has 26 heavy (non-hydrogen) atoms. The summed E-state index contributed by atoms with van der Waals surface area (Å²) in [5, 5.41) is 0. The summed E-state index contributed by atoms with van der Waals surface area (Å²) in [7, 11) is 0. The van der Waals surface area contributed by atoms with Crippen molar-refractivity contribution in [1.82, 2.24) is 4.90 Å². The molecule has 2 aliphatic carbocycles. The van der Waals surface area contributed by atoms with Crippen LogP contribution in [-0.2, 0) is 9.59 Å². The maximum Gasteiger partial charge on any atom is 0.254 e. The van der Waals surface area contributed by atoms with Crippen LogP contribution in [-0.4, -0.2) is 35.7 Å². The molecule has 0 N–H and O–H groups in total. The Labute approximate surface area is 152 Å². The summed E-state index contributed by atoms with van der Waals surface area (Å²) in [6, 6.07) is 5.38. The SMILES string of the molecule is Cc1c(C(=O)N2CCCC2)cccc1N1C(=O)C2C3C=CC(C3)C2C1=O. The van der Waals surface area contributed by atoms with Crippen LogP contribution >= 0.6 is 0 Å². The van der Waals surface area contributed by atoms with Crippen molar-refractivity contribution >= 4 is 23.4 Å². The van der Waals surface area contributed by atoms with Crippen LogP contribution in [0.2, 0.25) is 0 Å². The molecule has 2 heterocycles. The third-order valence-electron chi connectivity index (χ3n) is 6.64. The standard InChI is InChI=1S/C21H22N2O3/c1-12-15(19(24)22-9-2-3-10-22)5-4-6-16(12)23-20(25)17-13-7-8-14(11-13)18(17)21(23)26/h4-8,13-14,17-18H,2-3,9-11H2,1H3. The van der Waals surface area contributed by atoms with Crippen molar-refractivity contribution in [3.05, 3.63) is 41.5 Å². The van der Waals surface area contributed by atoms with Crippen LogP contribution in [0.15, 0.2) is 30.4 Å². The largest absolute Gasteiger partial charge is 0.339 e. The number of amides is 3. The van der Waals surface area contributed by atoms with Crippen molar-refractivity contribution < 1.29 is 14.4 Å². The Balaban J connectivity index is 1.51. The fourth-order valence-corrected chi connectivity index (χ4v) is 5.33. The Morgan fingerprint density at radius 1 is 1.00 bits per heavy atom. The van der Waals surface area contributed by atoms with E-state index < -0.39 is 0 Å². The van der Waals surface area contributed by atoms with Gasteiger partial charge in [-0.1, -0.05) is 18.2 Å². The lowest BCUT2D eigenvalue weighted by atomic mass is 9.85. The fraction of sp³-hybridized carbons (Fsp3) is 0.476. The van der Waals surface area contributed by atoms with Crippen LogP contribution in [0.1, 0.15) is 35.2 Å². The van der Waals surface area contributed by atoms with Gasteiger partial charge in [0.15, 0.2) is 0 Å². The molecule has 0 spiro atoms. The maximum atomic E-state index is 13.1. The van der Waals surface area contributed by atoms with Crippen molar-refractivity contribution in [3.63, 3.8) is 0 Å². The molecular weight excluding hydrogens is 328 g/mol. The van der Waals surface area contributed by atoms with E-state index >= 15 is 0 Å². The van der Waals surface area contributed by atoms with Gasteiger partial charge in [-0.15, -0.1) is 0 Å². The first-order valence-electron chi connectivity index (χ1n) is 9.53. The zero-order chi connectivity index (χ0) is 18.0. The molecule has 2 bridgehead atoms. The number of hydrogen-bond donors (Lipinski definition) is 0. The van der Waals surface area contributed by atoms with Gasteiger partial charge >= 0.3 is 0 Å². The predicted octanol–water partition coefficient (Wildman–Crippen LogP) is 2.54. The van der Waals surface area contributed by atoms with Crippen LogP contribution in [0.25, 0.3) is 0 Å². The first kappa shape index (κ1) is 15.8. The summed E-state index contributed by atoms with van der Waals surface area (Å²) < 4.78 is 0. The number of benzene rings is 1. The van der Waals surface area contributed by atoms with E-state index in [1.807, 2.05) is 11.8 Å². The highest BCUT2D eigenvalue weighted by Crippen LogP contribution is 2.53. The molecule has 4 unspecified atom stereocenters. The van der Waals surface area contributed by atoms with Gasteiger partial charge < -0.3 is 4.90 Å². The Morgan fingerprint density at radius 3 is 2.23 bits per heavy atom. The van der Waals surface area contributed by atoms with E-state index in [2.05, 4.69) is 12.2 Å². The van der Waals surface area contributed by atoms with Gasteiger partial charge in [0.2, 0.25) is 11.8 Å². The van der Waals surface area contributed by atoms with E-state index in [1.54, 1.807) is 18.2 Å². The van der Waals surface area contributed by atoms with Crippen molar-refractivity contribution in [2.24, 2.45) is 23.7 Å². The molecule has 0 aromatic heterocycles. The van der Waals surface area contributed by atoms with Gasteiger partial charge in [0.25, 0.3) is 5.91 Å². The summed E-state index contributed by atoms with van der Waals surface area (Å²) in [4.78, 5) is 42.2. The van der Waals surface area contributed by atoms with Crippen molar-refractivity contribution in [1.29, 1.82) is 0 Å². The first-order chi connectivity index (χ1) is 12.6. The highest BCUT2D eigenvalue weighted by Gasteiger charge is 2.59. The first-order valence-corrected chi connectivity index (χ1v) is 9.53. The molecule has 1 aromatic carbocycles. The monoisotopic (exact) mass is 350 g/mol. The zero-order valence-electron chi connectivity index (χ0n) is 14.9. The quantitative estimate of drug-likeness (QED) is 0.608. The van der Waals surface area contributed by atoms with Crippen LogP contribution in [0.3, 0.4) is 0 Å². The summed E-state index contributed by atoms with van der Waals surface area (Å²) in [6.45, 7) is 3.41. The molecule has 4 aliphatic rings. The van der Waals surface area contributed by atoms with Crippen molar-refractivity contribution in [2.45, 2.75) is 26.2 Å².